The maximum absolute atomic E-state index is 13.8. The largest absolute Gasteiger partial charge is 0.493 e. The average Bonchev–Trinajstić information content (AvgIpc) is 2.76. The van der Waals surface area contributed by atoms with Gasteiger partial charge in [0.15, 0.2) is 5.96 Å². The molecule has 0 saturated heterocycles. The first-order valence-electron chi connectivity index (χ1n) is 10.6. The molecular weight excluding hydrogens is 397 g/mol. The van der Waals surface area contributed by atoms with Crippen LogP contribution in [0.25, 0.3) is 0 Å². The number of nitrogens with zero attached hydrogens (tertiary/aromatic N) is 1. The van der Waals surface area contributed by atoms with E-state index < -0.39 is 0 Å². The molecule has 2 rings (SSSR count). The summed E-state index contributed by atoms with van der Waals surface area (Å²) in [7, 11) is 3.24. The maximum Gasteiger partial charge on any atom is 0.191 e. The number of rotatable bonds is 12. The van der Waals surface area contributed by atoms with Crippen molar-refractivity contribution in [2.45, 2.75) is 40.0 Å². The summed E-state index contributed by atoms with van der Waals surface area (Å²) in [5.41, 5.74) is 3.65. The SMILES string of the molecule is CCNC(=NCc1ccc(F)c(COC)c1)NCc1ccc(C)cc1OCCCOC. The Morgan fingerprint density at radius 1 is 1.00 bits per heavy atom. The standard InChI is InChI=1S/C24H34FN3O3/c1-5-26-24(27-15-19-8-10-22(25)21(14-19)17-30-4)28-16-20-9-7-18(2)13-23(20)31-12-6-11-29-3/h7-10,13-14H,5-6,11-12,15-17H2,1-4H3,(H2,26,27,28). The van der Waals surface area contributed by atoms with E-state index in [1.807, 2.05) is 19.9 Å². The quantitative estimate of drug-likeness (QED) is 0.303. The number of methoxy groups -OCH3 is 2. The van der Waals surface area contributed by atoms with Gasteiger partial charge >= 0.3 is 0 Å². The summed E-state index contributed by atoms with van der Waals surface area (Å²) >= 11 is 0. The molecule has 0 saturated carbocycles. The smallest absolute Gasteiger partial charge is 0.191 e. The van der Waals surface area contributed by atoms with Crippen LogP contribution in [0.2, 0.25) is 0 Å². The van der Waals surface area contributed by atoms with Crippen molar-refractivity contribution in [1.82, 2.24) is 10.6 Å². The second-order valence-corrected chi connectivity index (χ2v) is 7.21. The van der Waals surface area contributed by atoms with Gasteiger partial charge in [-0.1, -0.05) is 18.2 Å². The Balaban J connectivity index is 2.04. The normalized spacial score (nSPS) is 11.5. The summed E-state index contributed by atoms with van der Waals surface area (Å²) in [6.07, 6.45) is 0.837. The molecule has 0 aliphatic carbocycles. The highest BCUT2D eigenvalue weighted by Gasteiger charge is 2.07. The molecule has 0 aliphatic rings. The van der Waals surface area contributed by atoms with Crippen LogP contribution in [0.5, 0.6) is 5.75 Å². The van der Waals surface area contributed by atoms with Gasteiger partial charge in [0.1, 0.15) is 11.6 Å². The molecule has 6 nitrogen and oxygen atoms in total. The maximum atomic E-state index is 13.8. The van der Waals surface area contributed by atoms with E-state index in [4.69, 9.17) is 14.2 Å². The molecule has 0 fully saturated rings. The molecule has 0 atom stereocenters. The lowest BCUT2D eigenvalue weighted by Crippen LogP contribution is -2.36. The van der Waals surface area contributed by atoms with Gasteiger partial charge in [-0.15, -0.1) is 0 Å². The van der Waals surface area contributed by atoms with Crippen molar-refractivity contribution < 1.29 is 18.6 Å². The van der Waals surface area contributed by atoms with E-state index in [9.17, 15) is 4.39 Å². The van der Waals surface area contributed by atoms with Crippen molar-refractivity contribution in [3.63, 3.8) is 0 Å². The number of halogens is 1. The molecule has 0 aromatic heterocycles. The molecule has 31 heavy (non-hydrogen) atoms. The molecule has 0 radical (unpaired) electrons. The van der Waals surface area contributed by atoms with Crippen LogP contribution in [-0.4, -0.2) is 39.9 Å². The topological polar surface area (TPSA) is 64.1 Å². The molecule has 2 aromatic carbocycles. The van der Waals surface area contributed by atoms with Crippen molar-refractivity contribution >= 4 is 5.96 Å². The van der Waals surface area contributed by atoms with E-state index in [-0.39, 0.29) is 12.4 Å². The van der Waals surface area contributed by atoms with Crippen molar-refractivity contribution in [3.8, 4) is 5.75 Å². The second-order valence-electron chi connectivity index (χ2n) is 7.21. The van der Waals surface area contributed by atoms with Gasteiger partial charge in [-0.25, -0.2) is 9.38 Å². The minimum Gasteiger partial charge on any atom is -0.493 e. The Kier molecular flexibility index (Phi) is 10.8. The molecule has 0 amide bonds. The molecule has 0 spiro atoms. The highest BCUT2D eigenvalue weighted by molar-refractivity contribution is 5.79. The van der Waals surface area contributed by atoms with Gasteiger partial charge < -0.3 is 24.8 Å². The summed E-state index contributed by atoms with van der Waals surface area (Å²) < 4.78 is 29.9. The Hall–Kier alpha value is -2.64. The van der Waals surface area contributed by atoms with E-state index in [1.165, 1.54) is 6.07 Å². The van der Waals surface area contributed by atoms with E-state index >= 15 is 0 Å². The zero-order valence-corrected chi connectivity index (χ0v) is 19.0. The van der Waals surface area contributed by atoms with Crippen molar-refractivity contribution in [2.24, 2.45) is 4.99 Å². The molecule has 170 valence electrons. The average molecular weight is 432 g/mol. The third-order valence-corrected chi connectivity index (χ3v) is 4.59. The van der Waals surface area contributed by atoms with Crippen molar-refractivity contribution in [3.05, 3.63) is 64.5 Å². The van der Waals surface area contributed by atoms with E-state index in [0.717, 1.165) is 35.4 Å². The molecular formula is C24H34FN3O3. The van der Waals surface area contributed by atoms with Gasteiger partial charge in [0, 0.05) is 51.5 Å². The van der Waals surface area contributed by atoms with E-state index in [2.05, 4.69) is 27.8 Å². The lowest BCUT2D eigenvalue weighted by Gasteiger charge is -2.15. The first-order valence-corrected chi connectivity index (χ1v) is 10.6. The fraction of sp³-hybridized carbons (Fsp3) is 0.458. The lowest BCUT2D eigenvalue weighted by molar-refractivity contribution is 0.171. The van der Waals surface area contributed by atoms with E-state index in [0.29, 0.717) is 37.8 Å². The molecule has 0 unspecified atom stereocenters. The fourth-order valence-electron chi connectivity index (χ4n) is 3.01. The van der Waals surface area contributed by atoms with Crippen LogP contribution >= 0.6 is 0 Å². The van der Waals surface area contributed by atoms with Gasteiger partial charge in [-0.3, -0.25) is 0 Å². The van der Waals surface area contributed by atoms with Crippen molar-refractivity contribution in [1.29, 1.82) is 0 Å². The number of aliphatic imine (C=N–C) groups is 1. The third kappa shape index (κ3) is 8.55. The van der Waals surface area contributed by atoms with Crippen LogP contribution in [0.15, 0.2) is 41.4 Å². The summed E-state index contributed by atoms with van der Waals surface area (Å²) in [4.78, 5) is 4.64. The molecule has 7 heteroatoms. The van der Waals surface area contributed by atoms with Gasteiger partial charge in [0.25, 0.3) is 0 Å². The third-order valence-electron chi connectivity index (χ3n) is 4.59. The van der Waals surface area contributed by atoms with Crippen molar-refractivity contribution in [2.75, 3.05) is 34.0 Å². The van der Waals surface area contributed by atoms with Gasteiger partial charge in [0.2, 0.25) is 0 Å². The highest BCUT2D eigenvalue weighted by atomic mass is 19.1. The van der Waals surface area contributed by atoms with Crippen LogP contribution in [0.1, 0.15) is 35.6 Å². The monoisotopic (exact) mass is 431 g/mol. The Morgan fingerprint density at radius 2 is 1.84 bits per heavy atom. The van der Waals surface area contributed by atoms with Crippen LogP contribution in [0, 0.1) is 12.7 Å². The van der Waals surface area contributed by atoms with Gasteiger partial charge in [0.05, 0.1) is 19.8 Å². The summed E-state index contributed by atoms with van der Waals surface area (Å²) in [5.74, 6) is 1.28. The zero-order chi connectivity index (χ0) is 22.5. The number of benzene rings is 2. The van der Waals surface area contributed by atoms with Crippen LogP contribution in [0.3, 0.4) is 0 Å². The number of ether oxygens (including phenoxy) is 3. The lowest BCUT2D eigenvalue weighted by atomic mass is 10.1. The molecule has 2 N–H and O–H groups in total. The molecule has 0 heterocycles. The van der Waals surface area contributed by atoms with Crippen LogP contribution < -0.4 is 15.4 Å². The first-order chi connectivity index (χ1) is 15.1. The fourth-order valence-corrected chi connectivity index (χ4v) is 3.01. The highest BCUT2D eigenvalue weighted by Crippen LogP contribution is 2.20. The second kappa shape index (κ2) is 13.6. The minimum absolute atomic E-state index is 0.238. The molecule has 0 bridgehead atoms. The van der Waals surface area contributed by atoms with Crippen LogP contribution in [0.4, 0.5) is 4.39 Å². The number of nitrogens with one attached hydrogen (secondary N) is 2. The predicted molar refractivity (Wildman–Crippen MR) is 122 cm³/mol. The molecule has 0 aliphatic heterocycles. The minimum atomic E-state index is -0.267. The summed E-state index contributed by atoms with van der Waals surface area (Å²) in [5, 5.41) is 6.60. The van der Waals surface area contributed by atoms with Crippen LogP contribution in [-0.2, 0) is 29.2 Å². The van der Waals surface area contributed by atoms with E-state index in [1.54, 1.807) is 26.4 Å². The first kappa shape index (κ1) is 24.6. The Labute approximate surface area is 184 Å². The molecule has 2 aromatic rings. The zero-order valence-electron chi connectivity index (χ0n) is 19.0. The number of aryl methyl sites for hydroxylation is 1. The summed E-state index contributed by atoms with van der Waals surface area (Å²) in [6.45, 7) is 7.32. The summed E-state index contributed by atoms with van der Waals surface area (Å²) in [6, 6.07) is 11.2. The Bertz CT molecular complexity index is 843. The predicted octanol–water partition coefficient (Wildman–Crippen LogP) is 3.95. The Morgan fingerprint density at radius 3 is 2.58 bits per heavy atom. The van der Waals surface area contributed by atoms with Gasteiger partial charge in [-0.2, -0.15) is 0 Å². The number of hydrogen-bond acceptors (Lipinski definition) is 4. The van der Waals surface area contributed by atoms with Gasteiger partial charge in [-0.05, 0) is 43.2 Å². The number of guanidine groups is 1. The number of hydrogen-bond donors (Lipinski definition) is 2.